The second kappa shape index (κ2) is 7.76. The van der Waals surface area contributed by atoms with Crippen LogP contribution in [0.4, 0.5) is 10.3 Å². The van der Waals surface area contributed by atoms with Crippen molar-refractivity contribution in [3.63, 3.8) is 0 Å². The van der Waals surface area contributed by atoms with Crippen LogP contribution in [0.15, 0.2) is 43.1 Å². The van der Waals surface area contributed by atoms with Gasteiger partial charge in [0.25, 0.3) is 0 Å². The van der Waals surface area contributed by atoms with E-state index in [1.54, 1.807) is 41.6 Å². The number of imidazole rings is 1. The summed E-state index contributed by atoms with van der Waals surface area (Å²) in [7, 11) is 1.84. The molecule has 2 N–H and O–H groups in total. The molecule has 0 amide bonds. The van der Waals surface area contributed by atoms with Gasteiger partial charge in [0.15, 0.2) is 0 Å². The smallest absolute Gasteiger partial charge is 0.245 e. The average molecular weight is 452 g/mol. The van der Waals surface area contributed by atoms with Crippen molar-refractivity contribution in [2.24, 2.45) is 5.92 Å². The zero-order valence-corrected chi connectivity index (χ0v) is 19.4. The van der Waals surface area contributed by atoms with Crippen molar-refractivity contribution in [3.8, 4) is 22.7 Å². The van der Waals surface area contributed by atoms with Crippen LogP contribution in [0.1, 0.15) is 40.0 Å². The maximum absolute atomic E-state index is 15.7. The van der Waals surface area contributed by atoms with E-state index in [1.165, 1.54) is 0 Å². The first kappa shape index (κ1) is 21.8. The Morgan fingerprint density at radius 2 is 2.03 bits per heavy atom. The summed E-state index contributed by atoms with van der Waals surface area (Å²) in [6.07, 6.45) is 8.16. The summed E-state index contributed by atoms with van der Waals surface area (Å²) in [5.74, 6) is 0.931. The van der Waals surface area contributed by atoms with Crippen LogP contribution in [-0.4, -0.2) is 60.2 Å². The summed E-state index contributed by atoms with van der Waals surface area (Å²) < 4.78 is 17.5. The molecule has 1 aromatic carbocycles. The molecule has 0 aliphatic carbocycles. The molecular weight excluding hydrogens is 421 g/mol. The van der Waals surface area contributed by atoms with E-state index in [0.717, 1.165) is 18.5 Å². The molecule has 0 radical (unpaired) electrons. The van der Waals surface area contributed by atoms with Crippen LogP contribution in [0.2, 0.25) is 0 Å². The normalized spacial score (nSPS) is 31.4. The van der Waals surface area contributed by atoms with Gasteiger partial charge in [-0.2, -0.15) is 0 Å². The molecule has 0 unspecified atom stereocenters. The molecule has 2 saturated heterocycles. The number of rotatable bonds is 4. The second-order valence-electron chi connectivity index (χ2n) is 10.2. The number of anilines is 1. The third-order valence-corrected chi connectivity index (χ3v) is 7.19. The van der Waals surface area contributed by atoms with Gasteiger partial charge in [-0.3, -0.25) is 0 Å². The number of hydrogen-bond donors (Lipinski definition) is 2. The first-order valence-corrected chi connectivity index (χ1v) is 11.4. The molecule has 5 rings (SSSR count). The predicted molar refractivity (Wildman–Crippen MR) is 124 cm³/mol. The van der Waals surface area contributed by atoms with E-state index in [-0.39, 0.29) is 17.3 Å². The van der Waals surface area contributed by atoms with Gasteiger partial charge in [-0.05, 0) is 51.2 Å². The van der Waals surface area contributed by atoms with Gasteiger partial charge in [-0.1, -0.05) is 6.92 Å². The minimum atomic E-state index is -1.05. The van der Waals surface area contributed by atoms with Crippen LogP contribution in [0.3, 0.4) is 0 Å². The van der Waals surface area contributed by atoms with Crippen molar-refractivity contribution >= 4 is 5.95 Å². The Bertz CT molecular complexity index is 1140. The third-order valence-electron chi connectivity index (χ3n) is 7.19. The molecule has 2 aromatic heterocycles. The van der Waals surface area contributed by atoms with Crippen LogP contribution in [0.5, 0.6) is 5.75 Å². The number of phenolic OH excluding ortho intramolecular Hbond substituents is 1. The van der Waals surface area contributed by atoms with Crippen molar-refractivity contribution in [2.75, 3.05) is 11.9 Å². The zero-order chi connectivity index (χ0) is 23.4. The van der Waals surface area contributed by atoms with Crippen LogP contribution in [0.25, 0.3) is 16.9 Å². The first-order valence-electron chi connectivity index (χ1n) is 11.4. The number of phenols is 1. The first-order chi connectivity index (χ1) is 15.7. The van der Waals surface area contributed by atoms with E-state index < -0.39 is 11.7 Å². The van der Waals surface area contributed by atoms with E-state index in [2.05, 4.69) is 39.3 Å². The molecular formula is C24H30FN7O. The van der Waals surface area contributed by atoms with Crippen molar-refractivity contribution in [1.82, 2.24) is 30.0 Å². The highest BCUT2D eigenvalue weighted by Gasteiger charge is 2.55. The minimum absolute atomic E-state index is 0.0726. The summed E-state index contributed by atoms with van der Waals surface area (Å²) in [5, 5.41) is 22.7. The molecule has 8 nitrogen and oxygen atoms in total. The quantitative estimate of drug-likeness (QED) is 0.627. The van der Waals surface area contributed by atoms with Gasteiger partial charge in [0, 0.05) is 42.1 Å². The van der Waals surface area contributed by atoms with Gasteiger partial charge in [0.05, 0.1) is 24.3 Å². The van der Waals surface area contributed by atoms with E-state index in [0.29, 0.717) is 29.5 Å². The van der Waals surface area contributed by atoms with Crippen LogP contribution >= 0.6 is 0 Å². The van der Waals surface area contributed by atoms with Gasteiger partial charge in [-0.15, -0.1) is 10.2 Å². The number of aromatic hydroxyl groups is 1. The van der Waals surface area contributed by atoms with Gasteiger partial charge in [-0.25, -0.2) is 14.4 Å². The second-order valence-corrected chi connectivity index (χ2v) is 10.2. The minimum Gasteiger partial charge on any atom is -0.507 e. The highest BCUT2D eigenvalue weighted by atomic mass is 19.1. The van der Waals surface area contributed by atoms with Crippen LogP contribution in [0, 0.1) is 5.92 Å². The molecule has 2 aliphatic heterocycles. The summed E-state index contributed by atoms with van der Waals surface area (Å²) in [6, 6.07) is 4.93. The lowest BCUT2D eigenvalue weighted by molar-refractivity contribution is -0.0178. The SMILES string of the molecule is C[C@@H]1C[C@@]2(C)C[C@H](N(C)c3ncc(-c4ccc(-n5ccnc5)cc4O)nn3)[C@@H](F)[C@@](C)(C1)N2. The van der Waals surface area contributed by atoms with Crippen LogP contribution < -0.4 is 10.2 Å². The molecule has 9 heteroatoms. The predicted octanol–water partition coefficient (Wildman–Crippen LogP) is 3.51. The molecule has 2 bridgehead atoms. The molecule has 3 aromatic rings. The molecule has 5 atom stereocenters. The Morgan fingerprint density at radius 1 is 1.21 bits per heavy atom. The number of piperidine rings is 2. The van der Waals surface area contributed by atoms with E-state index in [9.17, 15) is 5.11 Å². The Kier molecular flexibility index (Phi) is 5.12. The number of nitrogens with one attached hydrogen (secondary N) is 1. The van der Waals surface area contributed by atoms with Gasteiger partial charge < -0.3 is 19.9 Å². The standard InChI is InChI=1S/C24H30FN7O/c1-15-10-23(2)12-19(21(25)24(3,11-15)30-23)31(4)22-27-13-18(28-29-22)17-6-5-16(9-20(17)33)32-8-7-26-14-32/h5-9,13-15,19,21,30,33H,10-12H2,1-4H3/t15-,19+,21-,23+,24-/m1/s1. The number of fused-ring (bicyclic) bond motifs is 2. The fraction of sp³-hybridized carbons (Fsp3) is 0.500. The van der Waals surface area contributed by atoms with E-state index in [4.69, 9.17) is 0 Å². The summed E-state index contributed by atoms with van der Waals surface area (Å²) >= 11 is 0. The largest absolute Gasteiger partial charge is 0.507 e. The van der Waals surface area contributed by atoms with E-state index in [1.807, 2.05) is 24.9 Å². The summed E-state index contributed by atoms with van der Waals surface area (Å²) in [5.41, 5.74) is 1.08. The van der Waals surface area contributed by atoms with Crippen molar-refractivity contribution in [2.45, 2.75) is 63.3 Å². The molecule has 2 aliphatic rings. The maximum Gasteiger partial charge on any atom is 0.245 e. The number of aromatic nitrogens is 5. The van der Waals surface area contributed by atoms with Crippen molar-refractivity contribution in [1.29, 1.82) is 0 Å². The molecule has 4 heterocycles. The molecule has 2 fully saturated rings. The molecule has 0 spiro atoms. The number of alkyl halides is 1. The number of benzene rings is 1. The Morgan fingerprint density at radius 3 is 2.70 bits per heavy atom. The Labute approximate surface area is 192 Å². The Balaban J connectivity index is 1.38. The monoisotopic (exact) mass is 451 g/mol. The van der Waals surface area contributed by atoms with Gasteiger partial charge in [0.1, 0.15) is 17.6 Å². The molecule has 174 valence electrons. The topological polar surface area (TPSA) is 92.0 Å². The zero-order valence-electron chi connectivity index (χ0n) is 19.4. The fourth-order valence-corrected chi connectivity index (χ4v) is 6.01. The highest BCUT2D eigenvalue weighted by Crippen LogP contribution is 2.45. The Hall–Kier alpha value is -3.07. The average Bonchev–Trinajstić information content (AvgIpc) is 3.30. The molecule has 33 heavy (non-hydrogen) atoms. The third kappa shape index (κ3) is 3.84. The van der Waals surface area contributed by atoms with Gasteiger partial charge >= 0.3 is 0 Å². The number of nitrogens with zero attached hydrogens (tertiary/aromatic N) is 6. The fourth-order valence-electron chi connectivity index (χ4n) is 6.01. The molecule has 0 saturated carbocycles. The number of halogens is 1. The summed E-state index contributed by atoms with van der Waals surface area (Å²) in [6.45, 7) is 6.38. The van der Waals surface area contributed by atoms with Gasteiger partial charge in [0.2, 0.25) is 5.95 Å². The highest BCUT2D eigenvalue weighted by molar-refractivity contribution is 5.68. The lowest BCUT2D eigenvalue weighted by Crippen LogP contribution is -2.73. The van der Waals surface area contributed by atoms with Crippen molar-refractivity contribution in [3.05, 3.63) is 43.1 Å². The lowest BCUT2D eigenvalue weighted by Gasteiger charge is -2.58. The summed E-state index contributed by atoms with van der Waals surface area (Å²) in [4.78, 5) is 10.3. The van der Waals surface area contributed by atoms with E-state index >= 15 is 4.39 Å². The number of hydrogen-bond acceptors (Lipinski definition) is 7. The van der Waals surface area contributed by atoms with Crippen LogP contribution in [-0.2, 0) is 0 Å². The maximum atomic E-state index is 15.7. The van der Waals surface area contributed by atoms with Crippen molar-refractivity contribution < 1.29 is 9.50 Å². The lowest BCUT2D eigenvalue weighted by atomic mass is 9.64.